The summed E-state index contributed by atoms with van der Waals surface area (Å²) in [5.74, 6) is 0.679. The summed E-state index contributed by atoms with van der Waals surface area (Å²) in [6.07, 6.45) is 3.68. The smallest absolute Gasteiger partial charge is 0.230 e. The molecule has 27 heavy (non-hydrogen) atoms. The van der Waals surface area contributed by atoms with E-state index in [4.69, 9.17) is 4.42 Å². The molecule has 4 aromatic rings. The van der Waals surface area contributed by atoms with E-state index >= 15 is 0 Å². The molecule has 6 nitrogen and oxygen atoms in total. The molecule has 0 amide bonds. The van der Waals surface area contributed by atoms with Crippen LogP contribution in [0.25, 0.3) is 16.5 Å². The fourth-order valence-electron chi connectivity index (χ4n) is 3.64. The molecular weight excluding hydrogens is 367 g/mol. The Labute approximate surface area is 158 Å². The minimum Gasteiger partial charge on any atom is -0.492 e. The minimum absolute atomic E-state index is 0.000425. The van der Waals surface area contributed by atoms with Crippen molar-refractivity contribution in [2.45, 2.75) is 18.9 Å². The first-order valence-corrected chi connectivity index (χ1v) is 9.65. The number of halogens is 1. The van der Waals surface area contributed by atoms with Crippen molar-refractivity contribution in [1.29, 1.82) is 0 Å². The van der Waals surface area contributed by atoms with E-state index < -0.39 is 0 Å². The number of hydrogen-bond donors (Lipinski definition) is 1. The lowest BCUT2D eigenvalue weighted by atomic mass is 10.0. The molecule has 5 rings (SSSR count). The molecule has 1 atom stereocenters. The lowest BCUT2D eigenvalue weighted by Gasteiger charge is -2.27. The van der Waals surface area contributed by atoms with Crippen LogP contribution in [0.4, 0.5) is 4.39 Å². The van der Waals surface area contributed by atoms with Gasteiger partial charge in [0.05, 0.1) is 17.2 Å². The average Bonchev–Trinajstić information content (AvgIpc) is 3.44. The van der Waals surface area contributed by atoms with Gasteiger partial charge in [-0.25, -0.2) is 4.39 Å². The van der Waals surface area contributed by atoms with Gasteiger partial charge in [-0.1, -0.05) is 29.5 Å². The summed E-state index contributed by atoms with van der Waals surface area (Å²) in [5.41, 5.74) is 0.561. The molecule has 1 aromatic carbocycles. The number of rotatable bonds is 4. The Bertz CT molecular complexity index is 1080. The first-order chi connectivity index (χ1) is 13.2. The molecule has 1 aliphatic heterocycles. The molecule has 4 heterocycles. The fourth-order valence-corrected chi connectivity index (χ4v) is 4.75. The normalized spacial score (nSPS) is 16.3. The van der Waals surface area contributed by atoms with E-state index in [9.17, 15) is 9.50 Å². The Morgan fingerprint density at radius 3 is 2.67 bits per heavy atom. The zero-order valence-electron chi connectivity index (χ0n) is 14.4. The van der Waals surface area contributed by atoms with Crippen LogP contribution in [0.5, 0.6) is 5.88 Å². The van der Waals surface area contributed by atoms with Crippen LogP contribution in [0, 0.1) is 5.82 Å². The van der Waals surface area contributed by atoms with E-state index in [0.717, 1.165) is 25.9 Å². The second kappa shape index (κ2) is 6.47. The number of aromatic nitrogens is 3. The molecule has 0 aliphatic carbocycles. The van der Waals surface area contributed by atoms with E-state index in [-0.39, 0.29) is 17.7 Å². The minimum atomic E-state index is -0.353. The van der Waals surface area contributed by atoms with Gasteiger partial charge in [0.2, 0.25) is 16.7 Å². The summed E-state index contributed by atoms with van der Waals surface area (Å²) in [6.45, 7) is 1.73. The summed E-state index contributed by atoms with van der Waals surface area (Å²) < 4.78 is 21.3. The summed E-state index contributed by atoms with van der Waals surface area (Å²) in [6, 6.07) is 9.92. The van der Waals surface area contributed by atoms with Crippen LogP contribution in [-0.2, 0) is 0 Å². The summed E-state index contributed by atoms with van der Waals surface area (Å²) in [4.78, 5) is 7.88. The van der Waals surface area contributed by atoms with Crippen molar-refractivity contribution >= 4 is 16.3 Å². The Hall–Kier alpha value is -2.71. The number of nitrogens with zero attached hydrogens (tertiary/aromatic N) is 4. The number of aromatic hydroxyl groups is 1. The largest absolute Gasteiger partial charge is 0.492 e. The first-order valence-electron chi connectivity index (χ1n) is 8.83. The molecule has 8 heteroatoms. The third kappa shape index (κ3) is 2.72. The molecule has 0 bridgehead atoms. The van der Waals surface area contributed by atoms with Gasteiger partial charge >= 0.3 is 0 Å². The molecule has 138 valence electrons. The van der Waals surface area contributed by atoms with Gasteiger partial charge in [-0.3, -0.25) is 4.90 Å². The van der Waals surface area contributed by atoms with Gasteiger partial charge in [-0.15, -0.1) is 5.10 Å². The highest BCUT2D eigenvalue weighted by Gasteiger charge is 2.32. The van der Waals surface area contributed by atoms with Crippen molar-refractivity contribution in [3.8, 4) is 17.5 Å². The predicted octanol–water partition coefficient (Wildman–Crippen LogP) is 4.08. The van der Waals surface area contributed by atoms with E-state index in [1.54, 1.807) is 30.5 Å². The third-order valence-corrected chi connectivity index (χ3v) is 5.97. The van der Waals surface area contributed by atoms with Crippen LogP contribution < -0.4 is 0 Å². The van der Waals surface area contributed by atoms with E-state index in [1.807, 2.05) is 6.07 Å². The monoisotopic (exact) mass is 384 g/mol. The van der Waals surface area contributed by atoms with Crippen LogP contribution in [0.2, 0.25) is 0 Å². The van der Waals surface area contributed by atoms with Gasteiger partial charge in [-0.05, 0) is 44.1 Å². The van der Waals surface area contributed by atoms with Gasteiger partial charge in [0.15, 0.2) is 5.76 Å². The number of fused-ring (bicyclic) bond motifs is 1. The quantitative estimate of drug-likeness (QED) is 0.574. The maximum atomic E-state index is 14.6. The Morgan fingerprint density at radius 2 is 1.96 bits per heavy atom. The second-order valence-electron chi connectivity index (χ2n) is 6.56. The predicted molar refractivity (Wildman–Crippen MR) is 99.3 cm³/mol. The Kier molecular flexibility index (Phi) is 3.95. The van der Waals surface area contributed by atoms with Crippen LogP contribution in [-0.4, -0.2) is 37.7 Å². The number of likely N-dealkylation sites (tertiary alicyclic amines) is 1. The molecule has 0 saturated carbocycles. The van der Waals surface area contributed by atoms with Gasteiger partial charge in [0.25, 0.3) is 0 Å². The summed E-state index contributed by atoms with van der Waals surface area (Å²) in [5, 5.41) is 15.2. The highest BCUT2D eigenvalue weighted by molar-refractivity contribution is 7.17. The van der Waals surface area contributed by atoms with Crippen molar-refractivity contribution in [3.63, 3.8) is 0 Å². The van der Waals surface area contributed by atoms with Gasteiger partial charge < -0.3 is 9.52 Å². The molecule has 1 N–H and O–H groups in total. The van der Waals surface area contributed by atoms with Crippen molar-refractivity contribution in [2.75, 3.05) is 13.1 Å². The van der Waals surface area contributed by atoms with Crippen LogP contribution in [0.3, 0.4) is 0 Å². The lowest BCUT2D eigenvalue weighted by molar-refractivity contribution is 0.272. The van der Waals surface area contributed by atoms with Gasteiger partial charge in [0.1, 0.15) is 5.82 Å². The average molecular weight is 384 g/mol. The number of hydrogen-bond acceptors (Lipinski definition) is 6. The van der Waals surface area contributed by atoms with E-state index in [1.165, 1.54) is 21.9 Å². The molecule has 1 fully saturated rings. The number of thiazole rings is 1. The van der Waals surface area contributed by atoms with Crippen molar-refractivity contribution < 1.29 is 13.9 Å². The maximum absolute atomic E-state index is 14.6. The summed E-state index contributed by atoms with van der Waals surface area (Å²) >= 11 is 1.33. The number of benzene rings is 1. The SMILES string of the molecule is Oc1c([C@H](c2ccccc2F)N2CCCC2)sc2nc(-c3ccco3)nn12. The van der Waals surface area contributed by atoms with Crippen molar-refractivity contribution in [3.05, 3.63) is 58.9 Å². The van der Waals surface area contributed by atoms with Crippen molar-refractivity contribution in [2.24, 2.45) is 0 Å². The zero-order chi connectivity index (χ0) is 18.4. The molecule has 0 spiro atoms. The standard InChI is InChI=1S/C19H17FN4O2S/c20-13-7-2-1-6-12(13)15(23-9-3-4-10-23)16-18(25)24-19(27-16)21-17(22-24)14-8-5-11-26-14/h1-2,5-8,11,15,25H,3-4,9-10H2/t15-/m0/s1. The maximum Gasteiger partial charge on any atom is 0.230 e. The first kappa shape index (κ1) is 16.5. The topological polar surface area (TPSA) is 66.8 Å². The Morgan fingerprint density at radius 1 is 1.15 bits per heavy atom. The molecule has 3 aromatic heterocycles. The zero-order valence-corrected chi connectivity index (χ0v) is 15.2. The lowest BCUT2D eigenvalue weighted by Crippen LogP contribution is -2.26. The fraction of sp³-hybridized carbons (Fsp3) is 0.263. The van der Waals surface area contributed by atoms with E-state index in [0.29, 0.717) is 27.0 Å². The molecule has 1 saturated heterocycles. The highest BCUT2D eigenvalue weighted by Crippen LogP contribution is 2.42. The molecular formula is C19H17FN4O2S. The molecule has 0 radical (unpaired) electrons. The van der Waals surface area contributed by atoms with Crippen LogP contribution >= 0.6 is 11.3 Å². The highest BCUT2D eigenvalue weighted by atomic mass is 32.1. The van der Waals surface area contributed by atoms with Crippen molar-refractivity contribution in [1.82, 2.24) is 19.5 Å². The third-order valence-electron chi connectivity index (χ3n) is 4.90. The number of furan rings is 1. The molecule has 0 unspecified atom stereocenters. The Balaban J connectivity index is 1.63. The summed E-state index contributed by atoms with van der Waals surface area (Å²) in [7, 11) is 0. The second-order valence-corrected chi connectivity index (χ2v) is 7.57. The molecule has 1 aliphatic rings. The van der Waals surface area contributed by atoms with E-state index in [2.05, 4.69) is 15.0 Å². The van der Waals surface area contributed by atoms with Gasteiger partial charge in [-0.2, -0.15) is 9.50 Å². The van der Waals surface area contributed by atoms with Crippen LogP contribution in [0.15, 0.2) is 47.1 Å². The van der Waals surface area contributed by atoms with Gasteiger partial charge in [0, 0.05) is 5.56 Å². The van der Waals surface area contributed by atoms with Crippen LogP contribution in [0.1, 0.15) is 29.3 Å².